The number of aromatic nitrogens is 2. The number of rotatable bonds is 3. The Labute approximate surface area is 153 Å². The van der Waals surface area contributed by atoms with Gasteiger partial charge in [-0.1, -0.05) is 6.07 Å². The fourth-order valence-electron chi connectivity index (χ4n) is 2.42. The molecule has 0 fully saturated rings. The van der Waals surface area contributed by atoms with Gasteiger partial charge in [-0.15, -0.1) is 12.4 Å². The molecule has 0 saturated heterocycles. The lowest BCUT2D eigenvalue weighted by Crippen LogP contribution is -2.24. The Morgan fingerprint density at radius 3 is 2.24 bits per heavy atom. The maximum Gasteiger partial charge on any atom is 0.280 e. The van der Waals surface area contributed by atoms with Gasteiger partial charge in [-0.2, -0.15) is 4.99 Å². The molecule has 0 bridgehead atoms. The Morgan fingerprint density at radius 2 is 1.64 bits per heavy atom. The van der Waals surface area contributed by atoms with Crippen LogP contribution in [0.25, 0.3) is 0 Å². The van der Waals surface area contributed by atoms with Crippen molar-refractivity contribution in [1.29, 1.82) is 0 Å². The monoisotopic (exact) mass is 362 g/mol. The maximum atomic E-state index is 12.0. The zero-order valence-corrected chi connectivity index (χ0v) is 15.8. The largest absolute Gasteiger partial charge is 0.370 e. The van der Waals surface area contributed by atoms with Gasteiger partial charge in [0.05, 0.1) is 17.1 Å². The van der Waals surface area contributed by atoms with Crippen molar-refractivity contribution in [3.05, 3.63) is 46.4 Å². The number of aryl methyl sites for hydroxylation is 4. The van der Waals surface area contributed by atoms with Crippen LogP contribution >= 0.6 is 12.4 Å². The van der Waals surface area contributed by atoms with Crippen LogP contribution < -0.4 is 16.4 Å². The second-order valence-corrected chi connectivity index (χ2v) is 5.71. The molecule has 8 heteroatoms. The van der Waals surface area contributed by atoms with Crippen LogP contribution in [0.5, 0.6) is 0 Å². The van der Waals surface area contributed by atoms with Gasteiger partial charge in [0, 0.05) is 18.3 Å². The smallest absolute Gasteiger partial charge is 0.280 e. The Bertz CT molecular complexity index is 830. The minimum atomic E-state index is -0.479. The zero-order chi connectivity index (χ0) is 18.0. The van der Waals surface area contributed by atoms with Crippen LogP contribution in [0, 0.1) is 27.7 Å². The van der Waals surface area contributed by atoms with Crippen LogP contribution in [-0.2, 0) is 0 Å². The van der Waals surface area contributed by atoms with E-state index in [0.717, 1.165) is 34.2 Å². The first-order valence-electron chi connectivity index (χ1n) is 7.51. The van der Waals surface area contributed by atoms with Crippen molar-refractivity contribution in [1.82, 2.24) is 9.97 Å². The van der Waals surface area contributed by atoms with Gasteiger partial charge in [-0.25, -0.2) is 4.98 Å². The molecule has 0 spiro atoms. The van der Waals surface area contributed by atoms with Gasteiger partial charge in [-0.3, -0.25) is 9.78 Å². The van der Waals surface area contributed by atoms with Crippen LogP contribution in [0.4, 0.5) is 11.5 Å². The number of halogens is 1. The number of amides is 1. The van der Waals surface area contributed by atoms with Crippen molar-refractivity contribution in [2.75, 3.05) is 11.9 Å². The van der Waals surface area contributed by atoms with E-state index in [9.17, 15) is 4.79 Å². The Balaban J connectivity index is 0.00000312. The summed E-state index contributed by atoms with van der Waals surface area (Å²) in [4.78, 5) is 26.7. The third-order valence-corrected chi connectivity index (χ3v) is 3.82. The molecule has 1 aromatic heterocycles. The van der Waals surface area contributed by atoms with Gasteiger partial charge in [0.2, 0.25) is 0 Å². The number of benzene rings is 1. The van der Waals surface area contributed by atoms with E-state index in [1.807, 2.05) is 45.7 Å². The number of hydrogen-bond donors (Lipinski definition) is 2. The number of anilines is 2. The van der Waals surface area contributed by atoms with Gasteiger partial charge >= 0.3 is 0 Å². The Kier molecular flexibility index (Phi) is 6.47. The van der Waals surface area contributed by atoms with E-state index < -0.39 is 5.91 Å². The summed E-state index contributed by atoms with van der Waals surface area (Å²) in [5.41, 5.74) is 15.4. The number of guanidine groups is 1. The molecule has 0 atom stereocenters. The van der Waals surface area contributed by atoms with Crippen LogP contribution in [0.3, 0.4) is 0 Å². The second-order valence-electron chi connectivity index (χ2n) is 5.71. The van der Waals surface area contributed by atoms with Crippen molar-refractivity contribution in [2.45, 2.75) is 27.7 Å². The van der Waals surface area contributed by atoms with E-state index in [1.54, 1.807) is 12.1 Å². The first-order valence-corrected chi connectivity index (χ1v) is 7.51. The summed E-state index contributed by atoms with van der Waals surface area (Å²) in [6.07, 6.45) is 0. The lowest BCUT2D eigenvalue weighted by atomic mass is 10.1. The topological polar surface area (TPSA) is 110 Å². The molecule has 25 heavy (non-hydrogen) atoms. The lowest BCUT2D eigenvalue weighted by molar-refractivity contribution is 0.100. The zero-order valence-electron chi connectivity index (χ0n) is 15.0. The molecule has 2 aromatic rings. The minimum Gasteiger partial charge on any atom is -0.370 e. The molecular formula is C17H23ClN6O. The van der Waals surface area contributed by atoms with Crippen molar-refractivity contribution in [3.8, 4) is 0 Å². The highest BCUT2D eigenvalue weighted by molar-refractivity contribution is 6.02. The standard InChI is InChI=1S/C17H22N6O.ClH/c1-9-6-7-13(16(24)22-17(18)19)8-14(9)23(5)15-12(4)20-10(2)11(3)21-15;/h6-8H,1-5H3,(H4,18,19,22,24);1H. The number of carbonyl (C=O) groups excluding carboxylic acids is 1. The predicted molar refractivity (Wildman–Crippen MR) is 103 cm³/mol. The van der Waals surface area contributed by atoms with Gasteiger partial charge < -0.3 is 16.4 Å². The molecule has 0 radical (unpaired) electrons. The van der Waals surface area contributed by atoms with Gasteiger partial charge in [0.25, 0.3) is 5.91 Å². The number of nitrogens with two attached hydrogens (primary N) is 2. The molecule has 7 nitrogen and oxygen atoms in total. The first-order chi connectivity index (χ1) is 11.2. The van der Waals surface area contributed by atoms with Crippen LogP contribution in [-0.4, -0.2) is 28.9 Å². The van der Waals surface area contributed by atoms with Crippen molar-refractivity contribution >= 4 is 35.8 Å². The summed E-state index contributed by atoms with van der Waals surface area (Å²) >= 11 is 0. The summed E-state index contributed by atoms with van der Waals surface area (Å²) in [5.74, 6) is 0.00605. The highest BCUT2D eigenvalue weighted by Crippen LogP contribution is 2.28. The molecule has 1 amide bonds. The van der Waals surface area contributed by atoms with Gasteiger partial charge in [0.15, 0.2) is 11.8 Å². The fraction of sp³-hybridized carbons (Fsp3) is 0.294. The van der Waals surface area contributed by atoms with Crippen LogP contribution in [0.1, 0.15) is 33.0 Å². The maximum absolute atomic E-state index is 12.0. The molecule has 1 aromatic carbocycles. The van der Waals surface area contributed by atoms with Crippen molar-refractivity contribution in [3.63, 3.8) is 0 Å². The van der Waals surface area contributed by atoms with E-state index >= 15 is 0 Å². The van der Waals surface area contributed by atoms with Crippen LogP contribution in [0.2, 0.25) is 0 Å². The van der Waals surface area contributed by atoms with Crippen molar-refractivity contribution in [2.24, 2.45) is 16.5 Å². The third-order valence-electron chi connectivity index (χ3n) is 3.82. The summed E-state index contributed by atoms with van der Waals surface area (Å²) in [6, 6.07) is 5.30. The number of hydrogen-bond acceptors (Lipinski definition) is 4. The third kappa shape index (κ3) is 4.45. The molecule has 0 aliphatic rings. The van der Waals surface area contributed by atoms with E-state index in [1.165, 1.54) is 0 Å². The molecule has 134 valence electrons. The molecule has 0 saturated carbocycles. The van der Waals surface area contributed by atoms with Gasteiger partial charge in [-0.05, 0) is 45.4 Å². The molecule has 1 heterocycles. The number of nitrogens with zero attached hydrogens (tertiary/aromatic N) is 4. The fourth-order valence-corrected chi connectivity index (χ4v) is 2.42. The highest BCUT2D eigenvalue weighted by Gasteiger charge is 2.16. The van der Waals surface area contributed by atoms with Crippen LogP contribution in [0.15, 0.2) is 23.2 Å². The van der Waals surface area contributed by atoms with E-state index in [2.05, 4.69) is 15.0 Å². The summed E-state index contributed by atoms with van der Waals surface area (Å²) < 4.78 is 0. The van der Waals surface area contributed by atoms with E-state index in [0.29, 0.717) is 5.56 Å². The average Bonchev–Trinajstić information content (AvgIpc) is 2.50. The summed E-state index contributed by atoms with van der Waals surface area (Å²) in [7, 11) is 1.89. The minimum absolute atomic E-state index is 0. The Morgan fingerprint density at radius 1 is 1.04 bits per heavy atom. The summed E-state index contributed by atoms with van der Waals surface area (Å²) in [6.45, 7) is 7.73. The molecule has 2 rings (SSSR count). The Hall–Kier alpha value is -2.67. The average molecular weight is 363 g/mol. The number of carbonyl (C=O) groups is 1. The first kappa shape index (κ1) is 20.4. The number of aliphatic imine (C=N–C) groups is 1. The van der Waals surface area contributed by atoms with E-state index in [-0.39, 0.29) is 18.4 Å². The van der Waals surface area contributed by atoms with E-state index in [4.69, 9.17) is 11.5 Å². The lowest BCUT2D eigenvalue weighted by Gasteiger charge is -2.23. The molecule has 4 N–H and O–H groups in total. The molecule has 0 aliphatic heterocycles. The summed E-state index contributed by atoms with van der Waals surface area (Å²) in [5, 5.41) is 0. The van der Waals surface area contributed by atoms with Gasteiger partial charge in [0.1, 0.15) is 0 Å². The second kappa shape index (κ2) is 7.94. The molecular weight excluding hydrogens is 340 g/mol. The normalized spacial score (nSPS) is 9.96. The highest BCUT2D eigenvalue weighted by atomic mass is 35.5. The predicted octanol–water partition coefficient (Wildman–Crippen LogP) is 2.31. The molecule has 0 unspecified atom stereocenters. The van der Waals surface area contributed by atoms with Crippen molar-refractivity contribution < 1.29 is 4.79 Å². The SMILES string of the molecule is Cc1ccc(C(=O)N=C(N)N)cc1N(C)c1nc(C)c(C)nc1C.Cl. The molecule has 0 aliphatic carbocycles. The quantitative estimate of drug-likeness (QED) is 0.640.